The molecule has 1 aromatic rings. The maximum Gasteiger partial charge on any atom is 0.260 e. The molecule has 1 aliphatic heterocycles. The monoisotopic (exact) mass is 226 g/mol. The van der Waals surface area contributed by atoms with E-state index in [4.69, 9.17) is 0 Å². The average Bonchev–Trinajstić information content (AvgIpc) is 2.67. The van der Waals surface area contributed by atoms with Gasteiger partial charge in [0.25, 0.3) is 10.0 Å². The summed E-state index contributed by atoms with van der Waals surface area (Å²) in [5.41, 5.74) is 0. The second kappa shape index (κ2) is 3.71. The van der Waals surface area contributed by atoms with Gasteiger partial charge in [0.2, 0.25) is 0 Å². The summed E-state index contributed by atoms with van der Waals surface area (Å²) in [7, 11) is -3.57. The summed E-state index contributed by atoms with van der Waals surface area (Å²) in [5, 5.41) is -0.000278. The van der Waals surface area contributed by atoms with Crippen LogP contribution in [0.3, 0.4) is 0 Å². The summed E-state index contributed by atoms with van der Waals surface area (Å²) in [6.45, 7) is 0.233. The predicted molar refractivity (Wildman–Crippen MR) is 52.6 cm³/mol. The first-order valence-corrected chi connectivity index (χ1v) is 5.97. The van der Waals surface area contributed by atoms with Crippen molar-refractivity contribution in [3.8, 4) is 0 Å². The van der Waals surface area contributed by atoms with Crippen LogP contribution in [0, 0.1) is 0 Å². The highest BCUT2D eigenvalue weighted by Gasteiger charge is 2.31. The lowest BCUT2D eigenvalue weighted by molar-refractivity contribution is -0.116. The highest BCUT2D eigenvalue weighted by molar-refractivity contribution is 7.89. The van der Waals surface area contributed by atoms with Gasteiger partial charge in [-0.25, -0.2) is 13.4 Å². The SMILES string of the molecule is O=C1CCN(S(=O)(=O)c2ccccn2)C1. The molecule has 0 saturated carbocycles. The Morgan fingerprint density at radius 2 is 2.13 bits per heavy atom. The number of rotatable bonds is 2. The molecule has 2 rings (SSSR count). The molecule has 0 aromatic carbocycles. The number of carbonyl (C=O) groups is 1. The molecule has 5 nitrogen and oxygen atoms in total. The molecule has 0 radical (unpaired) electrons. The molecule has 0 atom stereocenters. The van der Waals surface area contributed by atoms with E-state index >= 15 is 0 Å². The van der Waals surface area contributed by atoms with E-state index in [0.717, 1.165) is 4.31 Å². The molecule has 1 aliphatic rings. The van der Waals surface area contributed by atoms with Gasteiger partial charge in [0.05, 0.1) is 6.54 Å². The predicted octanol–water partition coefficient (Wildman–Crippen LogP) is 0.0451. The number of pyridine rings is 1. The van der Waals surface area contributed by atoms with E-state index in [-0.39, 0.29) is 23.9 Å². The molecule has 1 aromatic heterocycles. The summed E-state index contributed by atoms with van der Waals surface area (Å²) in [5.74, 6) is -0.0468. The summed E-state index contributed by atoms with van der Waals surface area (Å²) >= 11 is 0. The van der Waals surface area contributed by atoms with Crippen molar-refractivity contribution < 1.29 is 13.2 Å². The van der Waals surface area contributed by atoms with E-state index in [1.165, 1.54) is 12.3 Å². The Morgan fingerprint density at radius 3 is 2.67 bits per heavy atom. The standard InChI is InChI=1S/C9H10N2O3S/c12-8-4-6-11(7-8)15(13,14)9-3-1-2-5-10-9/h1-3,5H,4,6-7H2. The molecule has 0 amide bonds. The van der Waals surface area contributed by atoms with Crippen molar-refractivity contribution in [2.45, 2.75) is 11.4 Å². The lowest BCUT2D eigenvalue weighted by atomic mass is 10.4. The molecule has 15 heavy (non-hydrogen) atoms. The highest BCUT2D eigenvalue weighted by atomic mass is 32.2. The van der Waals surface area contributed by atoms with Gasteiger partial charge in [0.15, 0.2) is 5.03 Å². The van der Waals surface area contributed by atoms with Crippen LogP contribution in [0.5, 0.6) is 0 Å². The van der Waals surface area contributed by atoms with Crippen molar-refractivity contribution in [3.05, 3.63) is 24.4 Å². The van der Waals surface area contributed by atoms with Crippen LogP contribution in [0.4, 0.5) is 0 Å². The summed E-state index contributed by atoms with van der Waals surface area (Å²) in [6.07, 6.45) is 1.72. The van der Waals surface area contributed by atoms with Crippen LogP contribution in [-0.2, 0) is 14.8 Å². The third-order valence-corrected chi connectivity index (χ3v) is 4.00. The first-order valence-electron chi connectivity index (χ1n) is 4.53. The number of aromatic nitrogens is 1. The molecule has 0 aliphatic carbocycles. The third kappa shape index (κ3) is 1.91. The van der Waals surface area contributed by atoms with Crippen LogP contribution in [0.2, 0.25) is 0 Å². The summed E-state index contributed by atoms with van der Waals surface area (Å²) in [6, 6.07) is 4.68. The Hall–Kier alpha value is -1.27. The topological polar surface area (TPSA) is 67.3 Å². The normalized spacial score (nSPS) is 18.3. The number of ketones is 1. The summed E-state index contributed by atoms with van der Waals surface area (Å²) < 4.78 is 24.9. The second-order valence-corrected chi connectivity index (χ2v) is 5.18. The van der Waals surface area contributed by atoms with Crippen LogP contribution in [0.15, 0.2) is 29.4 Å². The number of sulfonamides is 1. The van der Waals surface area contributed by atoms with Gasteiger partial charge >= 0.3 is 0 Å². The molecule has 80 valence electrons. The Balaban J connectivity index is 2.32. The van der Waals surface area contributed by atoms with Crippen molar-refractivity contribution in [2.75, 3.05) is 13.1 Å². The zero-order valence-electron chi connectivity index (χ0n) is 7.96. The quantitative estimate of drug-likeness (QED) is 0.714. The molecule has 0 N–H and O–H groups in total. The molecule has 1 fully saturated rings. The van der Waals surface area contributed by atoms with Gasteiger partial charge < -0.3 is 0 Å². The fraction of sp³-hybridized carbons (Fsp3) is 0.333. The third-order valence-electron chi connectivity index (χ3n) is 2.23. The maximum atomic E-state index is 11.9. The molecular weight excluding hydrogens is 216 g/mol. The van der Waals surface area contributed by atoms with E-state index < -0.39 is 10.0 Å². The largest absolute Gasteiger partial charge is 0.298 e. The molecule has 2 heterocycles. The fourth-order valence-electron chi connectivity index (χ4n) is 1.44. The average molecular weight is 226 g/mol. The van der Waals surface area contributed by atoms with E-state index in [9.17, 15) is 13.2 Å². The van der Waals surface area contributed by atoms with Crippen molar-refractivity contribution in [1.82, 2.24) is 9.29 Å². The van der Waals surface area contributed by atoms with Crippen molar-refractivity contribution in [1.29, 1.82) is 0 Å². The number of hydrogen-bond donors (Lipinski definition) is 0. The fourth-order valence-corrected chi connectivity index (χ4v) is 2.80. The Labute approximate surface area is 87.8 Å². The van der Waals surface area contributed by atoms with E-state index in [1.807, 2.05) is 0 Å². The minimum absolute atomic E-state index is 0.000278. The van der Waals surface area contributed by atoms with Gasteiger partial charge in [0.1, 0.15) is 5.78 Å². The van der Waals surface area contributed by atoms with E-state index in [0.29, 0.717) is 6.42 Å². The first-order chi connectivity index (χ1) is 7.10. The van der Waals surface area contributed by atoms with Crippen LogP contribution < -0.4 is 0 Å². The van der Waals surface area contributed by atoms with Crippen molar-refractivity contribution >= 4 is 15.8 Å². The van der Waals surface area contributed by atoms with Gasteiger partial charge in [-0.15, -0.1) is 0 Å². The lowest BCUT2D eigenvalue weighted by Crippen LogP contribution is -2.29. The Morgan fingerprint density at radius 1 is 1.33 bits per heavy atom. The molecule has 0 unspecified atom stereocenters. The van der Waals surface area contributed by atoms with Gasteiger partial charge in [-0.05, 0) is 12.1 Å². The first kappa shape index (κ1) is 10.3. The Bertz CT molecular complexity index is 469. The van der Waals surface area contributed by atoms with Crippen molar-refractivity contribution in [3.63, 3.8) is 0 Å². The second-order valence-electron chi connectivity index (χ2n) is 3.30. The molecule has 0 bridgehead atoms. The van der Waals surface area contributed by atoms with E-state index in [1.54, 1.807) is 12.1 Å². The Kier molecular flexibility index (Phi) is 2.54. The molecule has 6 heteroatoms. The summed E-state index contributed by atoms with van der Waals surface area (Å²) in [4.78, 5) is 14.8. The van der Waals surface area contributed by atoms with Crippen molar-refractivity contribution in [2.24, 2.45) is 0 Å². The maximum absolute atomic E-state index is 11.9. The zero-order valence-corrected chi connectivity index (χ0v) is 8.77. The van der Waals surface area contributed by atoms with Crippen LogP contribution in [0.1, 0.15) is 6.42 Å². The number of Topliss-reactive ketones (excluding diaryl/α,β-unsaturated/α-hetero) is 1. The van der Waals surface area contributed by atoms with Gasteiger partial charge in [-0.3, -0.25) is 4.79 Å². The number of carbonyl (C=O) groups excluding carboxylic acids is 1. The minimum atomic E-state index is -3.57. The van der Waals surface area contributed by atoms with E-state index in [2.05, 4.69) is 4.98 Å². The molecule has 0 spiro atoms. The zero-order chi connectivity index (χ0) is 10.9. The minimum Gasteiger partial charge on any atom is -0.298 e. The van der Waals surface area contributed by atoms with Crippen LogP contribution in [-0.4, -0.2) is 36.6 Å². The number of hydrogen-bond acceptors (Lipinski definition) is 4. The number of nitrogens with zero attached hydrogens (tertiary/aromatic N) is 2. The van der Waals surface area contributed by atoms with Crippen LogP contribution in [0.25, 0.3) is 0 Å². The molecular formula is C9H10N2O3S. The van der Waals surface area contributed by atoms with Gasteiger partial charge in [-0.2, -0.15) is 4.31 Å². The van der Waals surface area contributed by atoms with Crippen LogP contribution >= 0.6 is 0 Å². The lowest BCUT2D eigenvalue weighted by Gasteiger charge is -2.13. The highest BCUT2D eigenvalue weighted by Crippen LogP contribution is 2.16. The smallest absolute Gasteiger partial charge is 0.260 e. The molecule has 1 saturated heterocycles. The van der Waals surface area contributed by atoms with Gasteiger partial charge in [0, 0.05) is 19.2 Å². The van der Waals surface area contributed by atoms with Gasteiger partial charge in [-0.1, -0.05) is 6.07 Å².